The number of alkyl halides is 3. The summed E-state index contributed by atoms with van der Waals surface area (Å²) >= 11 is 0. The van der Waals surface area contributed by atoms with E-state index in [1.807, 2.05) is 44.3 Å². The maximum atomic E-state index is 12.3. The Balaban J connectivity index is 1.24. The molecule has 2 fully saturated rings. The fraction of sp³-hybridized carbons (Fsp3) is 0.633. The minimum Gasteiger partial charge on any atom is -0.381 e. The lowest BCUT2D eigenvalue weighted by Gasteiger charge is -2.32. The van der Waals surface area contributed by atoms with Crippen molar-refractivity contribution in [1.29, 1.82) is 5.26 Å². The number of nitrogens with one attached hydrogen (secondary N) is 4. The van der Waals surface area contributed by atoms with Crippen molar-refractivity contribution < 1.29 is 31.1 Å². The third-order valence-electron chi connectivity index (χ3n) is 8.12. The minimum absolute atomic E-state index is 0.0556. The maximum Gasteiger partial charge on any atom is 0.402 e. The van der Waals surface area contributed by atoms with Crippen molar-refractivity contribution in [3.05, 3.63) is 36.0 Å². The predicted octanol–water partition coefficient (Wildman–Crippen LogP) is 4.34. The topological polar surface area (TPSA) is 150 Å². The molecule has 1 saturated carbocycles. The van der Waals surface area contributed by atoms with E-state index in [1.165, 1.54) is 4.72 Å². The molecule has 0 unspecified atom stereocenters. The third kappa shape index (κ3) is 11.1. The number of aryl methyl sites for hydroxylation is 1. The van der Waals surface area contributed by atoms with E-state index in [0.29, 0.717) is 38.4 Å². The molecule has 1 aliphatic carbocycles. The Hall–Kier alpha value is -3.03. The first-order chi connectivity index (χ1) is 21.4. The number of anilines is 2. The predicted molar refractivity (Wildman–Crippen MR) is 165 cm³/mol. The van der Waals surface area contributed by atoms with Crippen molar-refractivity contribution in [3.8, 4) is 17.3 Å². The van der Waals surface area contributed by atoms with Crippen LogP contribution in [0.1, 0.15) is 51.0 Å². The number of rotatable bonds is 14. The van der Waals surface area contributed by atoms with Crippen molar-refractivity contribution in [3.63, 3.8) is 0 Å². The van der Waals surface area contributed by atoms with Gasteiger partial charge in [-0.05, 0) is 76.1 Å². The molecule has 1 aliphatic heterocycles. The number of pyridine rings is 2. The summed E-state index contributed by atoms with van der Waals surface area (Å²) in [7, 11) is -4.17. The minimum atomic E-state index is -4.62. The largest absolute Gasteiger partial charge is 0.402 e. The molecular weight excluding hydrogens is 611 g/mol. The highest BCUT2D eigenvalue weighted by molar-refractivity contribution is 7.89. The normalized spacial score (nSPS) is 21.1. The van der Waals surface area contributed by atoms with Crippen LogP contribution in [0.2, 0.25) is 0 Å². The molecule has 4 rings (SSSR count). The Morgan fingerprint density at radius 3 is 2.56 bits per heavy atom. The summed E-state index contributed by atoms with van der Waals surface area (Å²) in [5.74, 6) is 0.648. The number of ether oxygens (including phenoxy) is 2. The molecule has 1 atom stereocenters. The summed E-state index contributed by atoms with van der Waals surface area (Å²) in [4.78, 5) is 9.42. The second-order valence-electron chi connectivity index (χ2n) is 12.0. The van der Waals surface area contributed by atoms with Gasteiger partial charge in [0.05, 0.1) is 23.8 Å². The number of aromatic nitrogens is 2. The first kappa shape index (κ1) is 34.8. The molecule has 0 bridgehead atoms. The second-order valence-corrected chi connectivity index (χ2v) is 13.7. The summed E-state index contributed by atoms with van der Waals surface area (Å²) in [6.45, 7) is 3.98. The number of hydrogen-bond acceptors (Lipinski definition) is 10. The Kier molecular flexibility index (Phi) is 12.0. The molecule has 15 heteroatoms. The van der Waals surface area contributed by atoms with Gasteiger partial charge >= 0.3 is 6.18 Å². The van der Waals surface area contributed by atoms with Gasteiger partial charge in [0.2, 0.25) is 10.0 Å². The van der Waals surface area contributed by atoms with Crippen molar-refractivity contribution >= 4 is 21.7 Å². The van der Waals surface area contributed by atoms with Gasteiger partial charge in [-0.15, -0.1) is 0 Å². The Labute approximate surface area is 262 Å². The number of sulfonamides is 1. The molecule has 1 saturated heterocycles. The van der Waals surface area contributed by atoms with Crippen LogP contribution in [0.3, 0.4) is 0 Å². The van der Waals surface area contributed by atoms with Gasteiger partial charge in [0.25, 0.3) is 0 Å². The van der Waals surface area contributed by atoms with E-state index in [2.05, 4.69) is 27.0 Å². The highest BCUT2D eigenvalue weighted by Crippen LogP contribution is 2.31. The van der Waals surface area contributed by atoms with Crippen molar-refractivity contribution in [2.24, 2.45) is 5.41 Å². The van der Waals surface area contributed by atoms with Gasteiger partial charge in [-0.25, -0.2) is 23.1 Å². The summed E-state index contributed by atoms with van der Waals surface area (Å²) in [6.07, 6.45) is 2.17. The van der Waals surface area contributed by atoms with Crippen molar-refractivity contribution in [2.75, 3.05) is 49.5 Å². The molecule has 3 heterocycles. The molecule has 11 nitrogen and oxygen atoms in total. The fourth-order valence-electron chi connectivity index (χ4n) is 5.54. The molecule has 0 aromatic carbocycles. The molecule has 0 radical (unpaired) electrons. The SMILES string of the molecule is Cc1cnc(NC2CCC(N[C@H](C)COCS(=O)(=O)NCC(F)(F)F)CC2)cc1-c1cccc(NCC2(C#N)CCOCC2)n1. The number of hydrogen-bond donors (Lipinski definition) is 4. The van der Waals surface area contributed by atoms with Crippen LogP contribution >= 0.6 is 0 Å². The quantitative estimate of drug-likeness (QED) is 0.232. The first-order valence-corrected chi connectivity index (χ1v) is 16.8. The van der Waals surface area contributed by atoms with E-state index in [1.54, 1.807) is 0 Å². The second kappa shape index (κ2) is 15.5. The van der Waals surface area contributed by atoms with Crippen LogP contribution in [0.15, 0.2) is 30.5 Å². The van der Waals surface area contributed by atoms with Crippen molar-refractivity contribution in [1.82, 2.24) is 20.0 Å². The van der Waals surface area contributed by atoms with Gasteiger partial charge < -0.3 is 25.4 Å². The Bertz CT molecular complexity index is 1410. The zero-order valence-electron chi connectivity index (χ0n) is 25.6. The zero-order valence-corrected chi connectivity index (χ0v) is 26.4. The van der Waals surface area contributed by atoms with E-state index in [-0.39, 0.29) is 24.7 Å². The van der Waals surface area contributed by atoms with Gasteiger partial charge in [0, 0.05) is 49.6 Å². The van der Waals surface area contributed by atoms with Crippen LogP contribution in [-0.4, -0.2) is 81.5 Å². The van der Waals surface area contributed by atoms with E-state index in [4.69, 9.17) is 14.5 Å². The molecule has 2 aliphatic rings. The summed E-state index contributed by atoms with van der Waals surface area (Å²) < 4.78 is 72.2. The van der Waals surface area contributed by atoms with E-state index in [9.17, 15) is 26.9 Å². The van der Waals surface area contributed by atoms with Crippen LogP contribution in [0.25, 0.3) is 11.3 Å². The molecule has 248 valence electrons. The Morgan fingerprint density at radius 1 is 1.16 bits per heavy atom. The maximum absolute atomic E-state index is 12.3. The molecular formula is C30H42F3N7O4S. The van der Waals surface area contributed by atoms with Crippen molar-refractivity contribution in [2.45, 2.75) is 76.7 Å². The standard InChI is InChI=1S/C30H42F3N7O4S/c1-21-15-35-28(14-25(21)26-4-3-5-27(40-26)36-18-29(17-34)10-12-43-13-11-29)39-24-8-6-23(7-9-24)38-22(2)16-44-20-45(41,42)37-19-30(31,32)33/h3-5,14-15,22-24,37-38H,6-13,16,18-20H2,1-2H3,(H,35,39)(H,36,40)/t22-,23?,24?/m1/s1. The first-order valence-electron chi connectivity index (χ1n) is 15.2. The average molecular weight is 654 g/mol. The average Bonchev–Trinajstić information content (AvgIpc) is 3.01. The van der Waals surface area contributed by atoms with Gasteiger partial charge in [-0.1, -0.05) is 6.07 Å². The Morgan fingerprint density at radius 2 is 1.87 bits per heavy atom. The van der Waals surface area contributed by atoms with Gasteiger partial charge in [-0.3, -0.25) is 0 Å². The van der Waals surface area contributed by atoms with Gasteiger partial charge in [0.15, 0.2) is 5.94 Å². The lowest BCUT2D eigenvalue weighted by atomic mass is 9.82. The number of nitrogens with zero attached hydrogens (tertiary/aromatic N) is 3. The zero-order chi connectivity index (χ0) is 32.5. The number of nitriles is 1. The molecule has 4 N–H and O–H groups in total. The summed E-state index contributed by atoms with van der Waals surface area (Å²) in [6, 6.07) is 10.6. The molecule has 0 amide bonds. The van der Waals surface area contributed by atoms with E-state index < -0.39 is 34.1 Å². The van der Waals surface area contributed by atoms with Gasteiger partial charge in [-0.2, -0.15) is 18.4 Å². The van der Waals surface area contributed by atoms with E-state index >= 15 is 0 Å². The summed E-state index contributed by atoms with van der Waals surface area (Å²) in [5, 5.41) is 20.1. The van der Waals surface area contributed by atoms with Crippen LogP contribution in [-0.2, 0) is 19.5 Å². The molecule has 2 aromatic heterocycles. The van der Waals surface area contributed by atoms with E-state index in [0.717, 1.165) is 48.3 Å². The lowest BCUT2D eigenvalue weighted by Crippen LogP contribution is -2.43. The smallest absolute Gasteiger partial charge is 0.381 e. The summed E-state index contributed by atoms with van der Waals surface area (Å²) in [5.41, 5.74) is 2.32. The monoisotopic (exact) mass is 653 g/mol. The lowest BCUT2D eigenvalue weighted by molar-refractivity contribution is -0.121. The van der Waals surface area contributed by atoms with Crippen LogP contribution in [0.4, 0.5) is 24.8 Å². The highest BCUT2D eigenvalue weighted by Gasteiger charge is 2.33. The highest BCUT2D eigenvalue weighted by atomic mass is 32.2. The molecule has 0 spiro atoms. The van der Waals surface area contributed by atoms with Gasteiger partial charge in [0.1, 0.15) is 18.2 Å². The van der Waals surface area contributed by atoms with Crippen LogP contribution < -0.4 is 20.7 Å². The third-order valence-corrected chi connectivity index (χ3v) is 9.18. The molecule has 45 heavy (non-hydrogen) atoms. The fourth-order valence-corrected chi connectivity index (χ4v) is 6.33. The van der Waals surface area contributed by atoms with Crippen LogP contribution in [0, 0.1) is 23.7 Å². The molecule has 2 aromatic rings. The van der Waals surface area contributed by atoms with Crippen LogP contribution in [0.5, 0.6) is 0 Å². The number of halogens is 3.